The monoisotopic (exact) mass is 462 g/mol. The summed E-state index contributed by atoms with van der Waals surface area (Å²) >= 11 is 0. The highest BCUT2D eigenvalue weighted by Crippen LogP contribution is 2.28. The molecule has 3 aromatic rings. The molecule has 3 heterocycles. The third-order valence-electron chi connectivity index (χ3n) is 6.17. The Balaban J connectivity index is 1.41. The van der Waals surface area contributed by atoms with E-state index in [0.29, 0.717) is 17.2 Å². The van der Waals surface area contributed by atoms with Gasteiger partial charge in [-0.2, -0.15) is 0 Å². The molecule has 8 heteroatoms. The van der Waals surface area contributed by atoms with Crippen LogP contribution in [0.25, 0.3) is 11.5 Å². The van der Waals surface area contributed by atoms with Gasteiger partial charge in [-0.25, -0.2) is 4.98 Å². The molecule has 2 N–H and O–H groups in total. The van der Waals surface area contributed by atoms with Crippen LogP contribution in [0.4, 0.5) is 0 Å². The molecule has 0 aromatic carbocycles. The second-order valence-corrected chi connectivity index (χ2v) is 8.52. The summed E-state index contributed by atoms with van der Waals surface area (Å²) in [4.78, 5) is 34.0. The maximum Gasteiger partial charge on any atom is 0.287 e. The highest BCUT2D eigenvalue weighted by Gasteiger charge is 2.31. The summed E-state index contributed by atoms with van der Waals surface area (Å²) in [5.41, 5.74) is 1.41. The van der Waals surface area contributed by atoms with Crippen LogP contribution in [0.2, 0.25) is 0 Å². The fraction of sp³-hybridized carbons (Fsp3) is 0.385. The largest absolute Gasteiger partial charge is 0.483 e. The molecule has 178 valence electrons. The van der Waals surface area contributed by atoms with E-state index in [1.165, 1.54) is 6.42 Å². The van der Waals surface area contributed by atoms with Gasteiger partial charge in [0.1, 0.15) is 23.6 Å². The maximum atomic E-state index is 12.8. The molecule has 0 radical (unpaired) electrons. The van der Waals surface area contributed by atoms with Gasteiger partial charge >= 0.3 is 0 Å². The molecule has 34 heavy (non-hydrogen) atoms. The van der Waals surface area contributed by atoms with Crippen molar-refractivity contribution >= 4 is 11.8 Å². The lowest BCUT2D eigenvalue weighted by Crippen LogP contribution is -2.50. The van der Waals surface area contributed by atoms with E-state index in [0.717, 1.165) is 31.4 Å². The van der Waals surface area contributed by atoms with Crippen LogP contribution in [0.5, 0.6) is 5.75 Å². The van der Waals surface area contributed by atoms with Crippen molar-refractivity contribution in [2.24, 2.45) is 5.92 Å². The zero-order valence-electron chi connectivity index (χ0n) is 19.5. The van der Waals surface area contributed by atoms with Gasteiger partial charge in [0.15, 0.2) is 11.5 Å². The van der Waals surface area contributed by atoms with Crippen LogP contribution in [0.3, 0.4) is 0 Å². The lowest BCUT2D eigenvalue weighted by molar-refractivity contribution is -0.124. The van der Waals surface area contributed by atoms with Crippen molar-refractivity contribution < 1.29 is 18.7 Å². The smallest absolute Gasteiger partial charge is 0.287 e. The van der Waals surface area contributed by atoms with Gasteiger partial charge < -0.3 is 19.8 Å². The van der Waals surface area contributed by atoms with Gasteiger partial charge in [-0.05, 0) is 62.1 Å². The zero-order valence-corrected chi connectivity index (χ0v) is 19.5. The number of likely N-dealkylation sites (N-methyl/N-ethyl adjacent to an activating group) is 1. The summed E-state index contributed by atoms with van der Waals surface area (Å²) in [6.45, 7) is 1.92. The normalized spacial score (nSPS) is 15.8. The van der Waals surface area contributed by atoms with Gasteiger partial charge in [0.2, 0.25) is 5.91 Å². The lowest BCUT2D eigenvalue weighted by atomic mass is 9.83. The fourth-order valence-corrected chi connectivity index (χ4v) is 4.31. The quantitative estimate of drug-likeness (QED) is 0.517. The van der Waals surface area contributed by atoms with Gasteiger partial charge in [0.05, 0.1) is 11.9 Å². The standard InChI is InChI=1S/C26H30N4O4/c1-17(20-10-6-7-15-28-20)33-19-11-12-21(29-16-19)22-13-14-23(34-22)25(31)30-24(26(32)27-2)18-8-4-3-5-9-18/h6-7,10-18,24H,3-5,8-9H2,1-2H3,(H,27,32)(H,30,31). The Bertz CT molecular complexity index is 1090. The minimum absolute atomic E-state index is 0.134. The molecule has 2 amide bonds. The molecule has 0 spiro atoms. The van der Waals surface area contributed by atoms with Crippen molar-refractivity contribution in [1.82, 2.24) is 20.6 Å². The minimum Gasteiger partial charge on any atom is -0.483 e. The molecule has 0 saturated heterocycles. The van der Waals surface area contributed by atoms with Gasteiger partial charge in [0, 0.05) is 13.2 Å². The second kappa shape index (κ2) is 11.0. The molecule has 8 nitrogen and oxygen atoms in total. The second-order valence-electron chi connectivity index (χ2n) is 8.52. The Kier molecular flexibility index (Phi) is 7.57. The van der Waals surface area contributed by atoms with Crippen molar-refractivity contribution in [1.29, 1.82) is 0 Å². The van der Waals surface area contributed by atoms with E-state index in [-0.39, 0.29) is 23.7 Å². The summed E-state index contributed by atoms with van der Waals surface area (Å²) in [6, 6.07) is 12.0. The van der Waals surface area contributed by atoms with Crippen molar-refractivity contribution in [2.75, 3.05) is 7.05 Å². The number of nitrogens with one attached hydrogen (secondary N) is 2. The van der Waals surface area contributed by atoms with E-state index >= 15 is 0 Å². The lowest BCUT2D eigenvalue weighted by Gasteiger charge is -2.29. The summed E-state index contributed by atoms with van der Waals surface area (Å²) < 4.78 is 11.7. The van der Waals surface area contributed by atoms with E-state index in [1.807, 2.05) is 25.1 Å². The van der Waals surface area contributed by atoms with Crippen LogP contribution in [0.1, 0.15) is 61.4 Å². The molecular formula is C26H30N4O4. The van der Waals surface area contributed by atoms with Gasteiger partial charge in [-0.3, -0.25) is 14.6 Å². The van der Waals surface area contributed by atoms with Crippen LogP contribution in [0.15, 0.2) is 59.3 Å². The van der Waals surface area contributed by atoms with E-state index in [9.17, 15) is 9.59 Å². The topological polar surface area (TPSA) is 106 Å². The van der Waals surface area contributed by atoms with Crippen LogP contribution < -0.4 is 15.4 Å². The number of carbonyl (C=O) groups excluding carboxylic acids is 2. The SMILES string of the molecule is CNC(=O)C(NC(=O)c1ccc(-c2ccc(OC(C)c3ccccn3)cn2)o1)C1CCCCC1. The number of furan rings is 1. The first kappa shape index (κ1) is 23.5. The molecule has 1 saturated carbocycles. The van der Waals surface area contributed by atoms with Crippen molar-refractivity contribution in [3.05, 3.63) is 66.3 Å². The third kappa shape index (κ3) is 5.62. The molecule has 0 aliphatic heterocycles. The molecule has 4 rings (SSSR count). The number of hydrogen-bond donors (Lipinski definition) is 2. The van der Waals surface area contributed by atoms with Crippen molar-refractivity contribution in [3.63, 3.8) is 0 Å². The highest BCUT2D eigenvalue weighted by molar-refractivity contribution is 5.96. The van der Waals surface area contributed by atoms with E-state index in [4.69, 9.17) is 9.15 Å². The predicted octanol–water partition coefficient (Wildman–Crippen LogP) is 4.30. The average Bonchev–Trinajstić information content (AvgIpc) is 3.39. The van der Waals surface area contributed by atoms with Gasteiger partial charge in [-0.1, -0.05) is 25.3 Å². The number of hydrogen-bond acceptors (Lipinski definition) is 6. The van der Waals surface area contributed by atoms with Crippen LogP contribution in [-0.2, 0) is 4.79 Å². The molecule has 2 atom stereocenters. The molecule has 1 fully saturated rings. The zero-order chi connectivity index (χ0) is 23.9. The number of amides is 2. The number of aromatic nitrogens is 2. The maximum absolute atomic E-state index is 12.8. The Hall–Kier alpha value is -3.68. The molecule has 1 aliphatic carbocycles. The summed E-state index contributed by atoms with van der Waals surface area (Å²) in [7, 11) is 1.59. The molecule has 3 aromatic heterocycles. The Labute approximate surface area is 199 Å². The van der Waals surface area contributed by atoms with E-state index < -0.39 is 11.9 Å². The Morgan fingerprint density at radius 2 is 1.88 bits per heavy atom. The number of carbonyl (C=O) groups is 2. The minimum atomic E-state index is -0.568. The van der Waals surface area contributed by atoms with E-state index in [2.05, 4.69) is 20.6 Å². The number of nitrogens with zero attached hydrogens (tertiary/aromatic N) is 2. The summed E-state index contributed by atoms with van der Waals surface area (Å²) in [6.07, 6.45) is 8.30. The van der Waals surface area contributed by atoms with Crippen molar-refractivity contribution in [2.45, 2.75) is 51.2 Å². The summed E-state index contributed by atoms with van der Waals surface area (Å²) in [5.74, 6) is 0.759. The van der Waals surface area contributed by atoms with Gasteiger partial charge in [0.25, 0.3) is 5.91 Å². The van der Waals surface area contributed by atoms with Crippen LogP contribution in [0, 0.1) is 5.92 Å². The third-order valence-corrected chi connectivity index (χ3v) is 6.17. The molecule has 1 aliphatic rings. The van der Waals surface area contributed by atoms with Crippen molar-refractivity contribution in [3.8, 4) is 17.2 Å². The predicted molar refractivity (Wildman–Crippen MR) is 127 cm³/mol. The van der Waals surface area contributed by atoms with E-state index in [1.54, 1.807) is 43.7 Å². The van der Waals surface area contributed by atoms with Gasteiger partial charge in [-0.15, -0.1) is 0 Å². The number of rotatable bonds is 8. The highest BCUT2D eigenvalue weighted by atomic mass is 16.5. The first-order valence-electron chi connectivity index (χ1n) is 11.7. The Morgan fingerprint density at radius 3 is 2.56 bits per heavy atom. The first-order chi connectivity index (χ1) is 16.5. The number of pyridine rings is 2. The number of ether oxygens (including phenoxy) is 1. The fourth-order valence-electron chi connectivity index (χ4n) is 4.31. The molecular weight excluding hydrogens is 432 g/mol. The first-order valence-corrected chi connectivity index (χ1v) is 11.7. The van der Waals surface area contributed by atoms with Crippen LogP contribution >= 0.6 is 0 Å². The van der Waals surface area contributed by atoms with Crippen LogP contribution in [-0.4, -0.2) is 34.9 Å². The molecule has 2 unspecified atom stereocenters. The average molecular weight is 463 g/mol. The molecule has 0 bridgehead atoms. The Morgan fingerprint density at radius 1 is 1.06 bits per heavy atom. The summed E-state index contributed by atoms with van der Waals surface area (Å²) in [5, 5.41) is 5.54.